The fraction of sp³-hybridized carbons (Fsp3) is 0.417. The van der Waals surface area contributed by atoms with Crippen molar-refractivity contribution in [1.82, 2.24) is 9.05 Å². The number of nitrogens with zero attached hydrogens (tertiary/aromatic N) is 3. The number of aromatic nitrogens is 1. The minimum atomic E-state index is -3.63. The monoisotopic (exact) mass is 522 g/mol. The zero-order chi connectivity index (χ0) is 24.3. The van der Waals surface area contributed by atoms with Crippen molar-refractivity contribution in [2.24, 2.45) is 12.0 Å². The van der Waals surface area contributed by atoms with Crippen LogP contribution >= 0.6 is 22.9 Å². The predicted molar refractivity (Wildman–Crippen MR) is 137 cm³/mol. The molecule has 0 atom stereocenters. The van der Waals surface area contributed by atoms with Gasteiger partial charge in [0.05, 0.1) is 49.5 Å². The molecule has 1 N–H and O–H groups in total. The molecular formula is C24H29ClN3O4S2+. The molecular weight excluding hydrogens is 494 g/mol. The van der Waals surface area contributed by atoms with Gasteiger partial charge in [0.1, 0.15) is 0 Å². The number of aliphatic hydroxyl groups is 1. The molecule has 0 spiro atoms. The average molecular weight is 523 g/mol. The Bertz CT molecular complexity index is 1370. The largest absolute Gasteiger partial charge is 0.394 e. The molecule has 0 bridgehead atoms. The second-order valence-electron chi connectivity index (χ2n) is 8.66. The van der Waals surface area contributed by atoms with Gasteiger partial charge in [-0.15, -0.1) is 0 Å². The Morgan fingerprint density at radius 1 is 1.15 bits per heavy atom. The van der Waals surface area contributed by atoms with Gasteiger partial charge < -0.3 is 9.67 Å². The van der Waals surface area contributed by atoms with Crippen LogP contribution in [-0.2, 0) is 21.7 Å². The normalized spacial score (nSPS) is 16.7. The molecule has 3 aromatic rings. The van der Waals surface area contributed by atoms with Gasteiger partial charge in [0.15, 0.2) is 14.6 Å². The third kappa shape index (κ3) is 5.13. The summed E-state index contributed by atoms with van der Waals surface area (Å²) in [5.74, 6) is -0.309. The average Bonchev–Trinajstić information content (AvgIpc) is 3.22. The van der Waals surface area contributed by atoms with Crippen molar-refractivity contribution in [3.05, 3.63) is 52.4 Å². The van der Waals surface area contributed by atoms with Crippen molar-refractivity contribution in [2.75, 3.05) is 32.0 Å². The van der Waals surface area contributed by atoms with Gasteiger partial charge in [0.2, 0.25) is 5.00 Å². The van der Waals surface area contributed by atoms with Crippen molar-refractivity contribution in [1.29, 1.82) is 0 Å². The van der Waals surface area contributed by atoms with E-state index in [1.807, 2.05) is 17.8 Å². The molecule has 7 nitrogen and oxygen atoms in total. The molecule has 1 saturated heterocycles. The second-order valence-corrected chi connectivity index (χ2v) is 12.2. The van der Waals surface area contributed by atoms with Gasteiger partial charge in [0, 0.05) is 12.1 Å². The number of sulfone groups is 1. The number of quaternary nitrogens is 1. The molecule has 0 radical (unpaired) electrons. The lowest BCUT2D eigenvalue weighted by atomic mass is 10.1. The van der Waals surface area contributed by atoms with E-state index in [-0.39, 0.29) is 34.1 Å². The van der Waals surface area contributed by atoms with E-state index in [4.69, 9.17) is 16.7 Å². The Morgan fingerprint density at radius 2 is 1.85 bits per heavy atom. The molecule has 1 aliphatic heterocycles. The molecule has 4 rings (SSSR count). The molecule has 1 amide bonds. The number of benzene rings is 2. The number of amides is 1. The summed E-state index contributed by atoms with van der Waals surface area (Å²) >= 11 is 7.47. The maximum Gasteiger partial charge on any atom is 0.320 e. The van der Waals surface area contributed by atoms with Gasteiger partial charge in [-0.05, 0) is 65.6 Å². The van der Waals surface area contributed by atoms with Gasteiger partial charge in [-0.25, -0.2) is 17.7 Å². The number of aryl methyl sites for hydroxylation is 1. The number of rotatable bonds is 7. The van der Waals surface area contributed by atoms with E-state index >= 15 is 0 Å². The second kappa shape index (κ2) is 10.3. The Morgan fingerprint density at radius 3 is 2.59 bits per heavy atom. The van der Waals surface area contributed by atoms with E-state index in [1.54, 1.807) is 36.4 Å². The minimum absolute atomic E-state index is 0.0359. The van der Waals surface area contributed by atoms with Crippen LogP contribution in [0.1, 0.15) is 25.7 Å². The number of halogens is 1. The summed E-state index contributed by atoms with van der Waals surface area (Å²) < 4.78 is 28.3. The van der Waals surface area contributed by atoms with E-state index in [1.165, 1.54) is 11.3 Å². The van der Waals surface area contributed by atoms with E-state index in [9.17, 15) is 13.2 Å². The number of aliphatic hydroxyl groups excluding tert-OH is 1. The number of carbonyl (C=O) groups is 1. The summed E-state index contributed by atoms with van der Waals surface area (Å²) in [4.78, 5) is 18.9. The number of carbonyl (C=O) groups excluding carboxylic acids is 1. The Hall–Kier alpha value is -2.04. The van der Waals surface area contributed by atoms with Crippen molar-refractivity contribution in [3.8, 4) is 0 Å². The van der Waals surface area contributed by atoms with Gasteiger partial charge in [0.25, 0.3) is 0 Å². The van der Waals surface area contributed by atoms with Crippen LogP contribution in [0.3, 0.4) is 0 Å². The summed E-state index contributed by atoms with van der Waals surface area (Å²) in [6, 6.07) is 10.3. The summed E-state index contributed by atoms with van der Waals surface area (Å²) in [6.07, 6.45) is 4.76. The van der Waals surface area contributed by atoms with E-state index in [2.05, 4.69) is 4.99 Å². The van der Waals surface area contributed by atoms with Crippen LogP contribution in [0.25, 0.3) is 10.8 Å². The van der Waals surface area contributed by atoms with E-state index < -0.39 is 9.84 Å². The summed E-state index contributed by atoms with van der Waals surface area (Å²) in [6.45, 7) is 1.59. The van der Waals surface area contributed by atoms with Crippen molar-refractivity contribution >= 4 is 54.5 Å². The minimum Gasteiger partial charge on any atom is -0.394 e. The number of piperidine rings is 1. The third-order valence-electron chi connectivity index (χ3n) is 6.35. The van der Waals surface area contributed by atoms with Gasteiger partial charge in [-0.2, -0.15) is 0 Å². The van der Waals surface area contributed by atoms with Crippen molar-refractivity contribution in [3.63, 3.8) is 0 Å². The SMILES string of the molecule is Cn1cc([N+]2(C(=O)CCS(=O)(=O)c3ccc4cc(Cl)ccc4c3)CCCCC2)s/c1=N\CCO. The number of thiazole rings is 1. The molecule has 0 saturated carbocycles. The molecule has 34 heavy (non-hydrogen) atoms. The smallest absolute Gasteiger partial charge is 0.320 e. The highest BCUT2D eigenvalue weighted by Gasteiger charge is 2.42. The van der Waals surface area contributed by atoms with Gasteiger partial charge in [-0.3, -0.25) is 4.99 Å². The van der Waals surface area contributed by atoms with Crippen LogP contribution in [0, 0.1) is 0 Å². The highest BCUT2D eigenvalue weighted by molar-refractivity contribution is 7.91. The Balaban J connectivity index is 1.58. The standard InChI is InChI=1S/C24H29ClN3O4S2/c1-27-17-23(33-24(27)26-10-13-29)28(11-3-2-4-12-28)22(30)9-14-34(31,32)21-8-6-18-15-20(25)7-5-19(18)16-21/h5-8,15-17,29H,2-4,9-14H2,1H3/q+1/b26-24-. The van der Waals surface area contributed by atoms with Crippen molar-refractivity contribution < 1.29 is 18.3 Å². The number of likely N-dealkylation sites (tertiary alicyclic amines) is 1. The number of fused-ring (bicyclic) bond motifs is 1. The molecule has 2 aromatic carbocycles. The van der Waals surface area contributed by atoms with Crippen LogP contribution in [0.5, 0.6) is 0 Å². The molecule has 0 unspecified atom stereocenters. The molecule has 2 heterocycles. The summed E-state index contributed by atoms with van der Waals surface area (Å²) in [7, 11) is -1.76. The maximum atomic E-state index is 13.6. The van der Waals surface area contributed by atoms with Crippen molar-refractivity contribution in [2.45, 2.75) is 30.6 Å². The van der Waals surface area contributed by atoms with Crippen LogP contribution in [-0.4, -0.2) is 56.0 Å². The first-order chi connectivity index (χ1) is 16.2. The lowest BCUT2D eigenvalue weighted by molar-refractivity contribution is -0.130. The zero-order valence-corrected chi connectivity index (χ0v) is 21.5. The van der Waals surface area contributed by atoms with Gasteiger partial charge in [-0.1, -0.05) is 23.7 Å². The highest BCUT2D eigenvalue weighted by atomic mass is 35.5. The van der Waals surface area contributed by atoms with Crippen LogP contribution < -0.4 is 9.28 Å². The predicted octanol–water partition coefficient (Wildman–Crippen LogP) is 3.67. The molecule has 0 aliphatic carbocycles. The van der Waals surface area contributed by atoms with E-state index in [0.717, 1.165) is 39.8 Å². The zero-order valence-electron chi connectivity index (χ0n) is 19.1. The third-order valence-corrected chi connectivity index (χ3v) is 9.56. The number of hydrogen-bond acceptors (Lipinski definition) is 6. The Labute approximate surface area is 208 Å². The molecule has 182 valence electrons. The van der Waals surface area contributed by atoms with E-state index in [0.29, 0.717) is 24.7 Å². The summed E-state index contributed by atoms with van der Waals surface area (Å²) in [5.41, 5.74) is 0. The fourth-order valence-electron chi connectivity index (χ4n) is 4.49. The molecule has 10 heteroatoms. The topological polar surface area (TPSA) is 88.7 Å². The summed E-state index contributed by atoms with van der Waals surface area (Å²) in [5, 5.41) is 12.2. The van der Waals surface area contributed by atoms with Crippen LogP contribution in [0.4, 0.5) is 5.00 Å². The highest BCUT2D eigenvalue weighted by Crippen LogP contribution is 2.32. The lowest BCUT2D eigenvalue weighted by Gasteiger charge is -2.36. The fourth-order valence-corrected chi connectivity index (χ4v) is 7.14. The first-order valence-electron chi connectivity index (χ1n) is 11.4. The number of hydrogen-bond donors (Lipinski definition) is 1. The molecule has 1 fully saturated rings. The Kier molecular flexibility index (Phi) is 7.59. The lowest BCUT2D eigenvalue weighted by Crippen LogP contribution is -2.57. The van der Waals surface area contributed by atoms with Crippen LogP contribution in [0.2, 0.25) is 5.02 Å². The van der Waals surface area contributed by atoms with Gasteiger partial charge >= 0.3 is 5.91 Å². The first-order valence-corrected chi connectivity index (χ1v) is 14.2. The first kappa shape index (κ1) is 25.1. The molecule has 1 aromatic heterocycles. The molecule has 1 aliphatic rings. The van der Waals surface area contributed by atoms with Crippen LogP contribution in [0.15, 0.2) is 52.5 Å². The quantitative estimate of drug-likeness (QED) is 0.479. The maximum absolute atomic E-state index is 13.6.